The molecule has 1 amide bonds. The van der Waals surface area contributed by atoms with Crippen LogP contribution in [0.4, 0.5) is 0 Å². The number of aliphatic carboxylic acids is 1. The summed E-state index contributed by atoms with van der Waals surface area (Å²) < 4.78 is 0. The summed E-state index contributed by atoms with van der Waals surface area (Å²) in [7, 11) is 3.69. The molecule has 0 aromatic rings. The molecule has 0 aromatic heterocycles. The van der Waals surface area contributed by atoms with Gasteiger partial charge in [0.15, 0.2) is 4.87 Å². The van der Waals surface area contributed by atoms with Gasteiger partial charge in [-0.05, 0) is 20.5 Å². The van der Waals surface area contributed by atoms with Crippen molar-refractivity contribution in [3.8, 4) is 0 Å². The van der Waals surface area contributed by atoms with Crippen LogP contribution in [-0.2, 0) is 9.59 Å². The van der Waals surface area contributed by atoms with Crippen LogP contribution in [-0.4, -0.2) is 47.4 Å². The number of thiol groups is 1. The molecule has 0 aromatic carbocycles. The summed E-state index contributed by atoms with van der Waals surface area (Å²) in [6.45, 7) is 2.24. The maximum Gasteiger partial charge on any atom is 0.339 e. The number of nitrogens with one attached hydrogen (secondary N) is 1. The van der Waals surface area contributed by atoms with Crippen molar-refractivity contribution in [2.75, 3.05) is 20.6 Å². The fourth-order valence-corrected chi connectivity index (χ4v) is 1.04. The molecule has 6 heteroatoms. The van der Waals surface area contributed by atoms with E-state index in [9.17, 15) is 9.59 Å². The molecule has 0 bridgehead atoms. The second-order valence-electron chi connectivity index (χ2n) is 3.62. The lowest BCUT2D eigenvalue weighted by molar-refractivity contribution is -0.143. The third kappa shape index (κ3) is 5.03. The van der Waals surface area contributed by atoms with Crippen LogP contribution in [0.2, 0.25) is 0 Å². The number of hydrogen-bond acceptors (Lipinski definition) is 4. The number of rotatable bonds is 6. The van der Waals surface area contributed by atoms with Gasteiger partial charge in [-0.1, -0.05) is 6.92 Å². The van der Waals surface area contributed by atoms with Crippen LogP contribution in [0, 0.1) is 0 Å². The zero-order valence-corrected chi connectivity index (χ0v) is 10.2. The Morgan fingerprint density at radius 2 is 2.00 bits per heavy atom. The molecule has 1 atom stereocenters. The second kappa shape index (κ2) is 5.97. The van der Waals surface area contributed by atoms with E-state index in [-0.39, 0.29) is 18.7 Å². The Bertz CT molecular complexity index is 246. The predicted octanol–water partition coefficient (Wildman–Crippen LogP) is 0.175. The molecule has 88 valence electrons. The van der Waals surface area contributed by atoms with Crippen LogP contribution < -0.4 is 5.32 Å². The summed E-state index contributed by atoms with van der Waals surface area (Å²) in [5, 5.41) is 11.3. The Labute approximate surface area is 95.2 Å². The molecule has 0 aliphatic carbocycles. The number of nitrogens with zero attached hydrogens (tertiary/aromatic N) is 1. The molecular weight excluding hydrogens is 216 g/mol. The van der Waals surface area contributed by atoms with Crippen molar-refractivity contribution >= 4 is 24.5 Å². The van der Waals surface area contributed by atoms with Crippen molar-refractivity contribution in [2.24, 2.45) is 0 Å². The summed E-state index contributed by atoms with van der Waals surface area (Å²) in [6, 6.07) is 0. The SMILES string of the molecule is CCC(S)(NC(=O)CCN(C)C)C(=O)O. The van der Waals surface area contributed by atoms with Gasteiger partial charge >= 0.3 is 5.97 Å². The van der Waals surface area contributed by atoms with E-state index in [1.54, 1.807) is 6.92 Å². The first-order valence-electron chi connectivity index (χ1n) is 4.73. The molecule has 0 rings (SSSR count). The van der Waals surface area contributed by atoms with E-state index in [0.29, 0.717) is 6.54 Å². The topological polar surface area (TPSA) is 69.6 Å². The molecule has 0 spiro atoms. The highest BCUT2D eigenvalue weighted by Gasteiger charge is 2.33. The molecule has 5 nitrogen and oxygen atoms in total. The smallest absolute Gasteiger partial charge is 0.339 e. The minimum atomic E-state index is -1.45. The van der Waals surface area contributed by atoms with Crippen molar-refractivity contribution in [2.45, 2.75) is 24.6 Å². The number of amides is 1. The first kappa shape index (κ1) is 14.2. The summed E-state index contributed by atoms with van der Waals surface area (Å²) in [5.74, 6) is -1.44. The molecule has 0 aliphatic heterocycles. The van der Waals surface area contributed by atoms with Crippen LogP contribution in [0.5, 0.6) is 0 Å². The average molecular weight is 234 g/mol. The zero-order valence-electron chi connectivity index (χ0n) is 9.28. The maximum absolute atomic E-state index is 11.4. The largest absolute Gasteiger partial charge is 0.479 e. The predicted molar refractivity (Wildman–Crippen MR) is 61.0 cm³/mol. The van der Waals surface area contributed by atoms with E-state index >= 15 is 0 Å². The van der Waals surface area contributed by atoms with Crippen LogP contribution in [0.1, 0.15) is 19.8 Å². The Hall–Kier alpha value is -0.750. The van der Waals surface area contributed by atoms with E-state index in [0.717, 1.165) is 0 Å². The first-order chi connectivity index (χ1) is 6.81. The van der Waals surface area contributed by atoms with E-state index in [1.165, 1.54) is 0 Å². The number of carboxylic acids is 1. The standard InChI is InChI=1S/C9H18N2O3S/c1-4-9(15,8(13)14)10-7(12)5-6-11(2)3/h15H,4-6H2,1-3H3,(H,10,12)(H,13,14). The van der Waals surface area contributed by atoms with Gasteiger partial charge < -0.3 is 15.3 Å². The van der Waals surface area contributed by atoms with Crippen molar-refractivity contribution in [3.05, 3.63) is 0 Å². The van der Waals surface area contributed by atoms with Gasteiger partial charge in [0.2, 0.25) is 5.91 Å². The van der Waals surface area contributed by atoms with Gasteiger partial charge in [0.1, 0.15) is 0 Å². The lowest BCUT2D eigenvalue weighted by atomic mass is 10.2. The van der Waals surface area contributed by atoms with E-state index in [1.807, 2.05) is 19.0 Å². The Kier molecular flexibility index (Phi) is 5.67. The van der Waals surface area contributed by atoms with Crippen LogP contribution in [0.3, 0.4) is 0 Å². The van der Waals surface area contributed by atoms with E-state index < -0.39 is 10.8 Å². The van der Waals surface area contributed by atoms with Crippen LogP contribution in [0.25, 0.3) is 0 Å². The van der Waals surface area contributed by atoms with Crippen molar-refractivity contribution in [1.82, 2.24) is 10.2 Å². The highest BCUT2D eigenvalue weighted by Crippen LogP contribution is 2.15. The average Bonchev–Trinajstić information content (AvgIpc) is 2.14. The summed E-state index contributed by atoms with van der Waals surface area (Å²) in [5.41, 5.74) is 0. The molecule has 0 saturated heterocycles. The normalized spacial score (nSPS) is 14.7. The first-order valence-corrected chi connectivity index (χ1v) is 5.18. The monoisotopic (exact) mass is 234 g/mol. The molecule has 15 heavy (non-hydrogen) atoms. The maximum atomic E-state index is 11.4. The fourth-order valence-electron chi connectivity index (χ4n) is 0.911. The number of carboxylic acid groups (broad SMARTS) is 1. The van der Waals surface area contributed by atoms with Crippen molar-refractivity contribution in [1.29, 1.82) is 0 Å². The van der Waals surface area contributed by atoms with Gasteiger partial charge in [0.25, 0.3) is 0 Å². The minimum Gasteiger partial charge on any atom is -0.479 e. The van der Waals surface area contributed by atoms with Crippen molar-refractivity contribution in [3.63, 3.8) is 0 Å². The molecule has 0 radical (unpaired) electrons. The molecule has 2 N–H and O–H groups in total. The van der Waals surface area contributed by atoms with E-state index in [2.05, 4.69) is 17.9 Å². The Balaban J connectivity index is 4.19. The third-order valence-electron chi connectivity index (χ3n) is 2.00. The molecule has 0 fully saturated rings. The van der Waals surface area contributed by atoms with Gasteiger partial charge in [0, 0.05) is 13.0 Å². The lowest BCUT2D eigenvalue weighted by Gasteiger charge is -2.23. The Morgan fingerprint density at radius 3 is 2.33 bits per heavy atom. The number of carbonyl (C=O) groups excluding carboxylic acids is 1. The van der Waals surface area contributed by atoms with Gasteiger partial charge in [-0.15, -0.1) is 12.6 Å². The Morgan fingerprint density at radius 1 is 1.47 bits per heavy atom. The third-order valence-corrected chi connectivity index (χ3v) is 2.62. The molecule has 0 saturated carbocycles. The number of carbonyl (C=O) groups is 2. The summed E-state index contributed by atoms with van der Waals surface area (Å²) in [4.78, 5) is 22.6. The van der Waals surface area contributed by atoms with Crippen LogP contribution >= 0.6 is 12.6 Å². The lowest BCUT2D eigenvalue weighted by Crippen LogP contribution is -2.50. The molecule has 0 aliphatic rings. The zero-order chi connectivity index (χ0) is 12.1. The van der Waals surface area contributed by atoms with Gasteiger partial charge in [-0.2, -0.15) is 0 Å². The minimum absolute atomic E-state index is 0.235. The van der Waals surface area contributed by atoms with E-state index in [4.69, 9.17) is 5.11 Å². The number of hydrogen-bond donors (Lipinski definition) is 3. The van der Waals surface area contributed by atoms with Crippen molar-refractivity contribution < 1.29 is 14.7 Å². The van der Waals surface area contributed by atoms with Gasteiger partial charge in [-0.3, -0.25) is 4.79 Å². The molecule has 1 unspecified atom stereocenters. The highest BCUT2D eigenvalue weighted by atomic mass is 32.1. The summed E-state index contributed by atoms with van der Waals surface area (Å²) in [6.07, 6.45) is 0.502. The quantitative estimate of drug-likeness (QED) is 0.453. The van der Waals surface area contributed by atoms with Crippen LogP contribution in [0.15, 0.2) is 0 Å². The fraction of sp³-hybridized carbons (Fsp3) is 0.778. The van der Waals surface area contributed by atoms with Gasteiger partial charge in [0.05, 0.1) is 0 Å². The summed E-state index contributed by atoms with van der Waals surface area (Å²) >= 11 is 3.95. The second-order valence-corrected chi connectivity index (χ2v) is 4.38. The highest BCUT2D eigenvalue weighted by molar-refractivity contribution is 7.82. The van der Waals surface area contributed by atoms with Gasteiger partial charge in [-0.25, -0.2) is 4.79 Å². The molecular formula is C9H18N2O3S. The molecule has 0 heterocycles.